The number of fused-ring (bicyclic) bond motifs is 1. The van der Waals surface area contributed by atoms with Gasteiger partial charge in [0.25, 0.3) is 0 Å². The van der Waals surface area contributed by atoms with Crippen LogP contribution in [0.15, 0.2) is 25.2 Å². The van der Waals surface area contributed by atoms with Gasteiger partial charge >= 0.3 is 6.09 Å². The van der Waals surface area contributed by atoms with Crippen LogP contribution in [0.5, 0.6) is 0 Å². The molecule has 6 nitrogen and oxygen atoms in total. The summed E-state index contributed by atoms with van der Waals surface area (Å²) >= 11 is 8.42. The molecular formula is C17H22ClIN4O2. The molecule has 0 aliphatic rings. The number of halogens is 2. The summed E-state index contributed by atoms with van der Waals surface area (Å²) in [6.45, 7) is 10.5. The Balaban J connectivity index is 2.43. The van der Waals surface area contributed by atoms with E-state index in [1.807, 2.05) is 37.6 Å². The monoisotopic (exact) mass is 476 g/mol. The van der Waals surface area contributed by atoms with E-state index in [4.69, 9.17) is 22.1 Å². The number of nitrogens with zero attached hydrogens (tertiary/aromatic N) is 3. The van der Waals surface area contributed by atoms with Crippen LogP contribution in [0.4, 0.5) is 4.79 Å². The second-order valence-electron chi connectivity index (χ2n) is 7.00. The Morgan fingerprint density at radius 2 is 2.20 bits per heavy atom. The van der Waals surface area contributed by atoms with E-state index < -0.39 is 6.09 Å². The Morgan fingerprint density at radius 3 is 2.76 bits per heavy atom. The molecule has 0 bridgehead atoms. The molecule has 2 atom stereocenters. The van der Waals surface area contributed by atoms with E-state index in [2.05, 4.69) is 39.1 Å². The fourth-order valence-electron chi connectivity index (χ4n) is 3.05. The predicted molar refractivity (Wildman–Crippen MR) is 107 cm³/mol. The number of aromatic nitrogens is 3. The average Bonchev–Trinajstić information content (AvgIpc) is 2.81. The maximum absolute atomic E-state index is 11.4. The lowest BCUT2D eigenvalue weighted by molar-refractivity contribution is -0.00777. The number of allylic oxidation sites excluding steroid dienone is 1. The first-order valence-electron chi connectivity index (χ1n) is 7.87. The molecule has 0 fully saturated rings. The second kappa shape index (κ2) is 7.90. The molecule has 0 aromatic carbocycles. The third-order valence-electron chi connectivity index (χ3n) is 3.99. The van der Waals surface area contributed by atoms with Crippen LogP contribution in [-0.2, 0) is 11.3 Å². The van der Waals surface area contributed by atoms with E-state index in [1.54, 1.807) is 0 Å². The Morgan fingerprint density at radius 1 is 1.52 bits per heavy atom. The molecule has 2 aromatic heterocycles. The number of carbonyl (C=O) groups is 1. The van der Waals surface area contributed by atoms with Crippen LogP contribution in [0.25, 0.3) is 11.0 Å². The number of amides is 1. The molecule has 2 rings (SSSR count). The molecule has 0 aliphatic carbocycles. The van der Waals surface area contributed by atoms with Crippen molar-refractivity contribution >= 4 is 51.3 Å². The Labute approximate surface area is 165 Å². The van der Waals surface area contributed by atoms with Gasteiger partial charge in [0.05, 0.1) is 5.39 Å². The molecular weight excluding hydrogens is 455 g/mol. The van der Waals surface area contributed by atoms with Crippen LogP contribution in [0, 0.1) is 14.9 Å². The lowest BCUT2D eigenvalue weighted by Gasteiger charge is -2.36. The standard InChI is InChI=1S/C17H22ClIN4O2/c1-5-6-10(13(17(2,3)4)25-16(20)24)7-23-8-11(19)12-14(18)21-9-22-15(12)23/h5,8-10,13H,1,6-7H2,2-4H3,(H2,20,24)/t10?,13-/m1/s1. The zero-order chi connectivity index (χ0) is 18.8. The fourth-order valence-corrected chi connectivity index (χ4v) is 4.27. The van der Waals surface area contributed by atoms with Crippen LogP contribution in [0.2, 0.25) is 5.15 Å². The van der Waals surface area contributed by atoms with Gasteiger partial charge in [-0.3, -0.25) is 0 Å². The van der Waals surface area contributed by atoms with Crippen molar-refractivity contribution in [3.05, 3.63) is 33.9 Å². The van der Waals surface area contributed by atoms with Crippen molar-refractivity contribution in [1.82, 2.24) is 14.5 Å². The smallest absolute Gasteiger partial charge is 0.404 e. The summed E-state index contributed by atoms with van der Waals surface area (Å²) in [5, 5.41) is 1.25. The fraction of sp³-hybridized carbons (Fsp3) is 0.471. The van der Waals surface area contributed by atoms with Crippen LogP contribution in [0.3, 0.4) is 0 Å². The zero-order valence-corrected chi connectivity index (χ0v) is 17.4. The molecule has 0 radical (unpaired) electrons. The summed E-state index contributed by atoms with van der Waals surface area (Å²) in [4.78, 5) is 19.8. The van der Waals surface area contributed by atoms with E-state index >= 15 is 0 Å². The maximum atomic E-state index is 11.4. The maximum Gasteiger partial charge on any atom is 0.404 e. The van der Waals surface area contributed by atoms with Gasteiger partial charge in [0, 0.05) is 22.2 Å². The molecule has 136 valence electrons. The first-order valence-corrected chi connectivity index (χ1v) is 9.32. The summed E-state index contributed by atoms with van der Waals surface area (Å²) in [7, 11) is 0. The van der Waals surface area contributed by atoms with E-state index in [-0.39, 0.29) is 17.4 Å². The number of rotatable bonds is 6. The summed E-state index contributed by atoms with van der Waals surface area (Å²) in [6, 6.07) is 0. The van der Waals surface area contributed by atoms with Gasteiger partial charge in [0.1, 0.15) is 23.2 Å². The lowest BCUT2D eigenvalue weighted by atomic mass is 9.79. The Kier molecular flexibility index (Phi) is 6.31. The summed E-state index contributed by atoms with van der Waals surface area (Å²) in [5.41, 5.74) is 5.78. The highest BCUT2D eigenvalue weighted by atomic mass is 127. The van der Waals surface area contributed by atoms with Gasteiger partial charge in [-0.1, -0.05) is 38.4 Å². The zero-order valence-electron chi connectivity index (χ0n) is 14.5. The number of hydrogen-bond acceptors (Lipinski definition) is 4. The minimum atomic E-state index is -0.772. The highest BCUT2D eigenvalue weighted by Crippen LogP contribution is 2.33. The molecule has 8 heteroatoms. The SMILES string of the molecule is C=CCC(Cn1cc(I)c2c(Cl)ncnc21)[C@@H](OC(N)=O)C(C)(C)C. The van der Waals surface area contributed by atoms with E-state index in [0.717, 1.165) is 14.6 Å². The van der Waals surface area contributed by atoms with E-state index in [9.17, 15) is 4.79 Å². The Bertz CT molecular complexity index is 785. The molecule has 2 aromatic rings. The molecule has 25 heavy (non-hydrogen) atoms. The number of primary amides is 1. The third-order valence-corrected chi connectivity index (χ3v) is 5.09. The van der Waals surface area contributed by atoms with Gasteiger partial charge in [-0.05, 0) is 34.4 Å². The molecule has 0 saturated carbocycles. The molecule has 0 aliphatic heterocycles. The molecule has 1 unspecified atom stereocenters. The number of carbonyl (C=O) groups excluding carboxylic acids is 1. The second-order valence-corrected chi connectivity index (χ2v) is 8.52. The summed E-state index contributed by atoms with van der Waals surface area (Å²) in [5.74, 6) is -0.00913. The minimum absolute atomic E-state index is 0.00913. The number of ether oxygens (including phenoxy) is 1. The van der Waals surface area contributed by atoms with Gasteiger partial charge < -0.3 is 15.0 Å². The van der Waals surface area contributed by atoms with Gasteiger partial charge in [0.2, 0.25) is 0 Å². The van der Waals surface area contributed by atoms with Crippen molar-refractivity contribution in [2.75, 3.05) is 0 Å². The molecule has 1 amide bonds. The van der Waals surface area contributed by atoms with Crippen LogP contribution in [-0.4, -0.2) is 26.7 Å². The molecule has 2 N–H and O–H groups in total. The molecule has 0 saturated heterocycles. The normalized spacial score (nSPS) is 14.3. The summed E-state index contributed by atoms with van der Waals surface area (Å²) < 4.78 is 8.45. The predicted octanol–water partition coefficient (Wildman–Crippen LogP) is 4.39. The van der Waals surface area contributed by atoms with Gasteiger partial charge in [-0.15, -0.1) is 6.58 Å². The van der Waals surface area contributed by atoms with Crippen molar-refractivity contribution < 1.29 is 9.53 Å². The highest BCUT2D eigenvalue weighted by molar-refractivity contribution is 14.1. The third kappa shape index (κ3) is 4.63. The van der Waals surface area contributed by atoms with Gasteiger partial charge in [0.15, 0.2) is 0 Å². The van der Waals surface area contributed by atoms with Gasteiger partial charge in [-0.2, -0.15) is 0 Å². The topological polar surface area (TPSA) is 83.0 Å². The number of hydrogen-bond donors (Lipinski definition) is 1. The quantitative estimate of drug-likeness (QED) is 0.381. The largest absolute Gasteiger partial charge is 0.445 e. The van der Waals surface area contributed by atoms with Crippen LogP contribution >= 0.6 is 34.2 Å². The van der Waals surface area contributed by atoms with Crippen molar-refractivity contribution in [2.24, 2.45) is 17.1 Å². The summed E-state index contributed by atoms with van der Waals surface area (Å²) in [6.07, 6.45) is 4.78. The first kappa shape index (κ1) is 20.0. The first-order chi connectivity index (χ1) is 11.6. The van der Waals surface area contributed by atoms with E-state index in [0.29, 0.717) is 18.1 Å². The minimum Gasteiger partial charge on any atom is -0.445 e. The van der Waals surface area contributed by atoms with Crippen molar-refractivity contribution in [2.45, 2.75) is 39.8 Å². The lowest BCUT2D eigenvalue weighted by Crippen LogP contribution is -2.41. The highest BCUT2D eigenvalue weighted by Gasteiger charge is 2.35. The van der Waals surface area contributed by atoms with Crippen molar-refractivity contribution in [3.63, 3.8) is 0 Å². The van der Waals surface area contributed by atoms with Gasteiger partial charge in [-0.25, -0.2) is 14.8 Å². The van der Waals surface area contributed by atoms with Crippen molar-refractivity contribution in [1.29, 1.82) is 0 Å². The van der Waals surface area contributed by atoms with E-state index in [1.165, 1.54) is 6.33 Å². The van der Waals surface area contributed by atoms with Crippen LogP contribution in [0.1, 0.15) is 27.2 Å². The van der Waals surface area contributed by atoms with Crippen LogP contribution < -0.4 is 5.73 Å². The Hall–Kier alpha value is -1.35. The number of nitrogens with two attached hydrogens (primary N) is 1. The average molecular weight is 477 g/mol. The molecule has 2 heterocycles. The van der Waals surface area contributed by atoms with Crippen molar-refractivity contribution in [3.8, 4) is 0 Å². The molecule has 0 spiro atoms.